The lowest BCUT2D eigenvalue weighted by Crippen LogP contribution is -2.31. The molecule has 2 fully saturated rings. The summed E-state index contributed by atoms with van der Waals surface area (Å²) in [5.41, 5.74) is 0.638. The van der Waals surface area contributed by atoms with Crippen LogP contribution >= 0.6 is 23.7 Å². The molecular weight excluding hydrogens is 408 g/mol. The zero-order valence-electron chi connectivity index (χ0n) is 14.5. The fourth-order valence-electron chi connectivity index (χ4n) is 3.61. The van der Waals surface area contributed by atoms with Gasteiger partial charge in [0, 0.05) is 23.2 Å². The van der Waals surface area contributed by atoms with Crippen molar-refractivity contribution in [2.75, 3.05) is 23.1 Å². The van der Waals surface area contributed by atoms with Crippen LogP contribution in [0.5, 0.6) is 0 Å². The Morgan fingerprint density at radius 3 is 2.78 bits per heavy atom. The average Bonchev–Trinajstić information content (AvgIpc) is 3.07. The fourth-order valence-corrected chi connectivity index (χ4v) is 5.45. The van der Waals surface area contributed by atoms with E-state index in [9.17, 15) is 13.2 Å². The first kappa shape index (κ1) is 20.1. The van der Waals surface area contributed by atoms with Gasteiger partial charge in [0.2, 0.25) is 5.91 Å². The van der Waals surface area contributed by atoms with Gasteiger partial charge in [-0.05, 0) is 56.0 Å². The number of thiazole rings is 1. The third-order valence-corrected chi connectivity index (χ3v) is 7.33. The summed E-state index contributed by atoms with van der Waals surface area (Å²) in [5.74, 6) is 0.00707. The molecule has 1 aliphatic heterocycles. The molecule has 1 atom stereocenters. The largest absolute Gasteiger partial charge is 0.326 e. The average molecular weight is 429 g/mol. The van der Waals surface area contributed by atoms with Gasteiger partial charge in [0.1, 0.15) is 0 Å². The van der Waals surface area contributed by atoms with Gasteiger partial charge in [0.15, 0.2) is 5.13 Å². The second kappa shape index (κ2) is 7.75. The second-order valence-corrected chi connectivity index (χ2v) is 9.41. The molecule has 146 valence electrons. The Bertz CT molecular complexity index is 912. The van der Waals surface area contributed by atoms with Gasteiger partial charge in [-0.3, -0.25) is 9.52 Å². The van der Waals surface area contributed by atoms with Crippen LogP contribution in [0.3, 0.4) is 0 Å². The van der Waals surface area contributed by atoms with Crippen LogP contribution in [0.2, 0.25) is 0 Å². The Labute approximate surface area is 168 Å². The van der Waals surface area contributed by atoms with E-state index in [2.05, 4.69) is 20.3 Å². The molecule has 1 spiro atoms. The lowest BCUT2D eigenvalue weighted by Gasteiger charge is -2.23. The van der Waals surface area contributed by atoms with Crippen LogP contribution in [0.25, 0.3) is 0 Å². The Morgan fingerprint density at radius 1 is 1.30 bits per heavy atom. The minimum atomic E-state index is -3.73. The number of piperidine rings is 1. The van der Waals surface area contributed by atoms with Gasteiger partial charge >= 0.3 is 0 Å². The van der Waals surface area contributed by atoms with E-state index < -0.39 is 10.0 Å². The normalized spacial score (nSPS) is 20.5. The summed E-state index contributed by atoms with van der Waals surface area (Å²) in [7, 11) is -3.73. The van der Waals surface area contributed by atoms with Crippen LogP contribution in [0, 0.1) is 11.3 Å². The van der Waals surface area contributed by atoms with E-state index in [-0.39, 0.29) is 34.5 Å². The number of anilines is 2. The highest BCUT2D eigenvalue weighted by atomic mass is 35.5. The monoisotopic (exact) mass is 428 g/mol. The molecule has 10 heteroatoms. The molecule has 2 heterocycles. The zero-order valence-corrected chi connectivity index (χ0v) is 16.9. The van der Waals surface area contributed by atoms with Gasteiger partial charge < -0.3 is 10.6 Å². The minimum absolute atomic E-state index is 0. The Kier molecular flexibility index (Phi) is 5.76. The molecule has 3 N–H and O–H groups in total. The zero-order chi connectivity index (χ0) is 18.2. The number of carbonyl (C=O) groups excluding carboxylic acids is 1. The molecule has 2 aromatic rings. The SMILES string of the molecule is Cl.O=C(Nc1cccc(S(=O)(=O)Nc2nccs2)c1)C1CC12CCNCC2. The highest BCUT2D eigenvalue weighted by Gasteiger charge is 2.57. The molecule has 0 bridgehead atoms. The number of nitrogens with one attached hydrogen (secondary N) is 3. The summed E-state index contributed by atoms with van der Waals surface area (Å²) < 4.78 is 27.4. The summed E-state index contributed by atoms with van der Waals surface area (Å²) in [5, 5.41) is 8.21. The van der Waals surface area contributed by atoms with E-state index in [1.165, 1.54) is 29.7 Å². The minimum Gasteiger partial charge on any atom is -0.326 e. The summed E-state index contributed by atoms with van der Waals surface area (Å²) in [6.45, 7) is 1.92. The van der Waals surface area contributed by atoms with E-state index in [4.69, 9.17) is 0 Å². The first-order valence-corrected chi connectivity index (χ1v) is 10.9. The molecule has 1 aromatic heterocycles. The number of aromatic nitrogens is 1. The molecule has 1 saturated heterocycles. The van der Waals surface area contributed by atoms with Crippen LogP contribution < -0.4 is 15.4 Å². The van der Waals surface area contributed by atoms with Crippen molar-refractivity contribution in [1.82, 2.24) is 10.3 Å². The van der Waals surface area contributed by atoms with Crippen LogP contribution in [-0.4, -0.2) is 32.4 Å². The van der Waals surface area contributed by atoms with E-state index in [0.29, 0.717) is 10.8 Å². The molecule has 1 saturated carbocycles. The molecule has 1 aromatic carbocycles. The van der Waals surface area contributed by atoms with E-state index in [0.717, 1.165) is 32.4 Å². The summed E-state index contributed by atoms with van der Waals surface area (Å²) >= 11 is 1.21. The van der Waals surface area contributed by atoms with Gasteiger partial charge in [0.25, 0.3) is 10.0 Å². The van der Waals surface area contributed by atoms with Crippen molar-refractivity contribution < 1.29 is 13.2 Å². The second-order valence-electron chi connectivity index (χ2n) is 6.83. The van der Waals surface area contributed by atoms with Crippen LogP contribution in [-0.2, 0) is 14.8 Å². The highest BCUT2D eigenvalue weighted by Crippen LogP contribution is 2.58. The van der Waals surface area contributed by atoms with E-state index in [1.54, 1.807) is 17.5 Å². The number of amides is 1. The molecule has 4 rings (SSSR count). The molecular formula is C17H21ClN4O3S2. The summed E-state index contributed by atoms with van der Waals surface area (Å²) in [6, 6.07) is 6.30. The highest BCUT2D eigenvalue weighted by molar-refractivity contribution is 7.93. The van der Waals surface area contributed by atoms with Crippen LogP contribution in [0.1, 0.15) is 19.3 Å². The smallest absolute Gasteiger partial charge is 0.263 e. The Balaban J connectivity index is 0.00000210. The standard InChI is InChI=1S/C17H20N4O3S2.ClH/c22-15(14-11-17(14)4-6-18-7-5-17)20-12-2-1-3-13(10-12)26(23,24)21-16-19-8-9-25-16;/h1-3,8-10,14,18H,4-7,11H2,(H,19,21)(H,20,22);1H. The van der Waals surface area contributed by atoms with Crippen molar-refractivity contribution in [1.29, 1.82) is 0 Å². The van der Waals surface area contributed by atoms with Crippen molar-refractivity contribution >= 4 is 50.5 Å². The first-order chi connectivity index (χ1) is 12.5. The maximum Gasteiger partial charge on any atom is 0.263 e. The predicted molar refractivity (Wildman–Crippen MR) is 108 cm³/mol. The topological polar surface area (TPSA) is 100 Å². The summed E-state index contributed by atoms with van der Waals surface area (Å²) in [4.78, 5) is 16.6. The van der Waals surface area contributed by atoms with Gasteiger partial charge in [-0.1, -0.05) is 6.07 Å². The van der Waals surface area contributed by atoms with Crippen molar-refractivity contribution in [3.63, 3.8) is 0 Å². The molecule has 0 radical (unpaired) electrons. The number of hydrogen-bond donors (Lipinski definition) is 3. The maximum atomic E-state index is 12.6. The van der Waals surface area contributed by atoms with Crippen molar-refractivity contribution in [2.24, 2.45) is 11.3 Å². The molecule has 1 unspecified atom stereocenters. The maximum absolute atomic E-state index is 12.6. The number of nitrogens with zero attached hydrogens (tertiary/aromatic N) is 1. The van der Waals surface area contributed by atoms with E-state index >= 15 is 0 Å². The first-order valence-electron chi connectivity index (χ1n) is 8.53. The van der Waals surface area contributed by atoms with Gasteiger partial charge in [-0.15, -0.1) is 23.7 Å². The Morgan fingerprint density at radius 2 is 2.07 bits per heavy atom. The van der Waals surface area contributed by atoms with Crippen LogP contribution in [0.15, 0.2) is 40.7 Å². The molecule has 1 aliphatic carbocycles. The third-order valence-electron chi connectivity index (χ3n) is 5.17. The number of sulfonamides is 1. The predicted octanol–water partition coefficient (Wildman–Crippen LogP) is 2.69. The van der Waals surface area contributed by atoms with Gasteiger partial charge in [0.05, 0.1) is 4.90 Å². The fraction of sp³-hybridized carbons (Fsp3) is 0.412. The lowest BCUT2D eigenvalue weighted by atomic mass is 9.92. The number of hydrogen-bond acceptors (Lipinski definition) is 6. The number of rotatable bonds is 5. The molecule has 7 nitrogen and oxygen atoms in total. The van der Waals surface area contributed by atoms with Gasteiger partial charge in [-0.2, -0.15) is 0 Å². The molecule has 1 amide bonds. The molecule has 27 heavy (non-hydrogen) atoms. The molecule has 2 aliphatic rings. The van der Waals surface area contributed by atoms with Gasteiger partial charge in [-0.25, -0.2) is 13.4 Å². The quantitative estimate of drug-likeness (QED) is 0.679. The number of carbonyl (C=O) groups is 1. The summed E-state index contributed by atoms with van der Waals surface area (Å²) in [6.07, 6.45) is 4.50. The van der Waals surface area contributed by atoms with E-state index in [1.807, 2.05) is 0 Å². The number of halogens is 1. The Hall–Kier alpha value is -1.68. The number of benzene rings is 1. The van der Waals surface area contributed by atoms with Crippen molar-refractivity contribution in [2.45, 2.75) is 24.2 Å². The van der Waals surface area contributed by atoms with Crippen molar-refractivity contribution in [3.8, 4) is 0 Å². The third kappa shape index (κ3) is 4.26. The lowest BCUT2D eigenvalue weighted by molar-refractivity contribution is -0.118. The van der Waals surface area contributed by atoms with Crippen molar-refractivity contribution in [3.05, 3.63) is 35.8 Å². The van der Waals surface area contributed by atoms with Crippen LogP contribution in [0.4, 0.5) is 10.8 Å².